The molecule has 1 aromatic carbocycles. The van der Waals surface area contributed by atoms with E-state index in [4.69, 9.17) is 0 Å². The molecule has 0 spiro atoms. The average molecular weight is 425 g/mol. The number of nitrogens with one attached hydrogen (secondary N) is 2. The van der Waals surface area contributed by atoms with Crippen LogP contribution in [0.4, 0.5) is 24.5 Å². The van der Waals surface area contributed by atoms with Crippen molar-refractivity contribution in [2.75, 3.05) is 10.6 Å². The lowest BCUT2D eigenvalue weighted by Gasteiger charge is -2.42. The summed E-state index contributed by atoms with van der Waals surface area (Å²) in [5, 5.41) is 24.6. The summed E-state index contributed by atoms with van der Waals surface area (Å²) in [6.45, 7) is 4.08. The first-order valence-electron chi connectivity index (χ1n) is 7.62. The number of carbonyl (C=O) groups is 1. The van der Waals surface area contributed by atoms with Crippen LogP contribution in [0.1, 0.15) is 39.2 Å². The van der Waals surface area contributed by atoms with E-state index in [1.54, 1.807) is 6.92 Å². The van der Waals surface area contributed by atoms with E-state index in [0.717, 1.165) is 6.07 Å². The fourth-order valence-corrected chi connectivity index (χ4v) is 3.13. The van der Waals surface area contributed by atoms with Crippen molar-refractivity contribution in [1.29, 1.82) is 0 Å². The monoisotopic (exact) mass is 424 g/mol. The Bertz CT molecular complexity index is 676. The molecule has 0 saturated heterocycles. The van der Waals surface area contributed by atoms with Gasteiger partial charge in [0.15, 0.2) is 0 Å². The van der Waals surface area contributed by atoms with Gasteiger partial charge in [-0.05, 0) is 45.7 Å². The Kier molecular flexibility index (Phi) is 5.15. The molecule has 0 aromatic heterocycles. The normalized spacial score (nSPS) is 23.8. The Hall–Kier alpha value is -1.32. The average Bonchev–Trinajstić information content (AvgIpc) is 2.36. The van der Waals surface area contributed by atoms with Crippen LogP contribution in [-0.4, -0.2) is 33.4 Å². The standard InChI is InChI=1S/C16H20BrF3N2O3/c1-14(2,24)13(23)22-11-5-8(17)4-10(16(18,19)20)12(11)21-9-6-15(3,25)7-9/h4-5,9,21,24-25H,6-7H2,1-3H3,(H,22,23). The second-order valence-corrected chi connectivity index (χ2v) is 8.05. The molecule has 9 heteroatoms. The molecule has 1 aliphatic rings. The van der Waals surface area contributed by atoms with E-state index in [2.05, 4.69) is 26.6 Å². The zero-order valence-electron chi connectivity index (χ0n) is 14.0. The van der Waals surface area contributed by atoms with Crippen LogP contribution >= 0.6 is 15.9 Å². The van der Waals surface area contributed by atoms with Crippen LogP contribution in [0.2, 0.25) is 0 Å². The molecule has 0 bridgehead atoms. The molecule has 0 radical (unpaired) electrons. The Morgan fingerprint density at radius 2 is 1.88 bits per heavy atom. The minimum Gasteiger partial charge on any atom is -0.390 e. The lowest BCUT2D eigenvalue weighted by molar-refractivity contribution is -0.137. The van der Waals surface area contributed by atoms with Crippen molar-refractivity contribution >= 4 is 33.2 Å². The zero-order valence-corrected chi connectivity index (χ0v) is 15.5. The van der Waals surface area contributed by atoms with Crippen LogP contribution in [0, 0.1) is 0 Å². The quantitative estimate of drug-likeness (QED) is 0.596. The minimum atomic E-state index is -4.65. The van der Waals surface area contributed by atoms with Gasteiger partial charge >= 0.3 is 6.18 Å². The van der Waals surface area contributed by atoms with Crippen molar-refractivity contribution in [3.05, 3.63) is 22.2 Å². The van der Waals surface area contributed by atoms with Gasteiger partial charge in [0.2, 0.25) is 0 Å². The highest BCUT2D eigenvalue weighted by Crippen LogP contribution is 2.44. The minimum absolute atomic E-state index is 0.0969. The Balaban J connectivity index is 2.42. The molecule has 140 valence electrons. The number of anilines is 2. The molecule has 2 rings (SSSR count). The van der Waals surface area contributed by atoms with Crippen LogP contribution in [0.3, 0.4) is 0 Å². The molecule has 1 saturated carbocycles. The fraction of sp³-hybridized carbons (Fsp3) is 0.562. The van der Waals surface area contributed by atoms with Crippen molar-refractivity contribution < 1.29 is 28.2 Å². The van der Waals surface area contributed by atoms with Gasteiger partial charge in [-0.1, -0.05) is 15.9 Å². The van der Waals surface area contributed by atoms with Crippen LogP contribution < -0.4 is 10.6 Å². The summed E-state index contributed by atoms with van der Waals surface area (Å²) in [4.78, 5) is 12.0. The molecule has 1 fully saturated rings. The first kappa shape index (κ1) is 20.0. The topological polar surface area (TPSA) is 81.6 Å². The van der Waals surface area contributed by atoms with Gasteiger partial charge in [0, 0.05) is 10.5 Å². The second-order valence-electron chi connectivity index (χ2n) is 7.13. The number of hydrogen-bond donors (Lipinski definition) is 4. The van der Waals surface area contributed by atoms with E-state index in [1.807, 2.05) is 0 Å². The summed E-state index contributed by atoms with van der Waals surface area (Å²) in [6.07, 6.45) is -4.06. The van der Waals surface area contributed by atoms with Crippen molar-refractivity contribution in [2.45, 2.75) is 57.0 Å². The van der Waals surface area contributed by atoms with Crippen molar-refractivity contribution in [3.63, 3.8) is 0 Å². The Labute approximate surface area is 151 Å². The number of benzene rings is 1. The van der Waals surface area contributed by atoms with Gasteiger partial charge < -0.3 is 20.8 Å². The van der Waals surface area contributed by atoms with E-state index in [0.29, 0.717) is 12.8 Å². The third kappa shape index (κ3) is 4.86. The Morgan fingerprint density at radius 3 is 2.32 bits per heavy atom. The number of rotatable bonds is 4. The predicted octanol–water partition coefficient (Wildman–Crippen LogP) is 3.50. The molecule has 0 heterocycles. The maximum atomic E-state index is 13.4. The lowest BCUT2D eigenvalue weighted by atomic mass is 9.77. The summed E-state index contributed by atoms with van der Waals surface area (Å²) >= 11 is 3.01. The fourth-order valence-electron chi connectivity index (χ4n) is 2.67. The van der Waals surface area contributed by atoms with E-state index in [-0.39, 0.29) is 21.9 Å². The molecule has 0 aliphatic heterocycles. The maximum Gasteiger partial charge on any atom is 0.418 e. The molecule has 0 atom stereocenters. The highest BCUT2D eigenvalue weighted by Gasteiger charge is 2.41. The van der Waals surface area contributed by atoms with Gasteiger partial charge in [-0.25, -0.2) is 0 Å². The number of aliphatic hydroxyl groups is 2. The lowest BCUT2D eigenvalue weighted by Crippen LogP contribution is -2.48. The molecule has 1 aromatic rings. The predicted molar refractivity (Wildman–Crippen MR) is 91.3 cm³/mol. The van der Waals surface area contributed by atoms with Gasteiger partial charge in [0.25, 0.3) is 5.91 Å². The van der Waals surface area contributed by atoms with Gasteiger partial charge in [-0.15, -0.1) is 0 Å². The third-order valence-electron chi connectivity index (χ3n) is 3.93. The summed E-state index contributed by atoms with van der Waals surface area (Å²) in [6, 6.07) is 1.90. The molecule has 5 nitrogen and oxygen atoms in total. The summed E-state index contributed by atoms with van der Waals surface area (Å²) in [5.41, 5.74) is -3.99. The van der Waals surface area contributed by atoms with E-state index in [1.165, 1.54) is 19.9 Å². The van der Waals surface area contributed by atoms with Crippen LogP contribution in [0.15, 0.2) is 16.6 Å². The molecule has 1 amide bonds. The third-order valence-corrected chi connectivity index (χ3v) is 4.39. The highest BCUT2D eigenvalue weighted by atomic mass is 79.9. The zero-order chi connectivity index (χ0) is 19.2. The van der Waals surface area contributed by atoms with Gasteiger partial charge in [-0.2, -0.15) is 13.2 Å². The summed E-state index contributed by atoms with van der Waals surface area (Å²) in [5.74, 6) is -0.831. The van der Waals surface area contributed by atoms with E-state index < -0.39 is 28.8 Å². The van der Waals surface area contributed by atoms with Crippen LogP contribution in [0.25, 0.3) is 0 Å². The number of carbonyl (C=O) groups excluding carboxylic acids is 1. The van der Waals surface area contributed by atoms with Crippen LogP contribution in [-0.2, 0) is 11.0 Å². The first-order valence-corrected chi connectivity index (χ1v) is 8.42. The van der Waals surface area contributed by atoms with E-state index in [9.17, 15) is 28.2 Å². The highest BCUT2D eigenvalue weighted by molar-refractivity contribution is 9.10. The summed E-state index contributed by atoms with van der Waals surface area (Å²) < 4.78 is 40.4. The van der Waals surface area contributed by atoms with Crippen molar-refractivity contribution in [3.8, 4) is 0 Å². The van der Waals surface area contributed by atoms with E-state index >= 15 is 0 Å². The molecular weight excluding hydrogens is 405 g/mol. The van der Waals surface area contributed by atoms with Gasteiger partial charge in [-0.3, -0.25) is 4.79 Å². The van der Waals surface area contributed by atoms with Crippen LogP contribution in [0.5, 0.6) is 0 Å². The van der Waals surface area contributed by atoms with Gasteiger partial charge in [0.05, 0.1) is 22.5 Å². The largest absolute Gasteiger partial charge is 0.418 e. The first-order chi connectivity index (χ1) is 11.2. The molecule has 0 unspecified atom stereocenters. The maximum absolute atomic E-state index is 13.4. The number of amides is 1. The Morgan fingerprint density at radius 1 is 1.32 bits per heavy atom. The molecule has 1 aliphatic carbocycles. The van der Waals surface area contributed by atoms with Gasteiger partial charge in [0.1, 0.15) is 5.60 Å². The SMILES string of the molecule is CC1(O)CC(Nc2c(NC(=O)C(C)(C)O)cc(Br)cc2C(F)(F)F)C1. The second kappa shape index (κ2) is 6.44. The smallest absolute Gasteiger partial charge is 0.390 e. The number of halogens is 4. The van der Waals surface area contributed by atoms with Crippen molar-refractivity contribution in [2.24, 2.45) is 0 Å². The number of alkyl halides is 3. The molecular formula is C16H20BrF3N2O3. The molecule has 4 N–H and O–H groups in total. The number of hydrogen-bond acceptors (Lipinski definition) is 4. The summed E-state index contributed by atoms with van der Waals surface area (Å²) in [7, 11) is 0. The van der Waals surface area contributed by atoms with Crippen molar-refractivity contribution in [1.82, 2.24) is 0 Å². The molecule has 25 heavy (non-hydrogen) atoms.